The van der Waals surface area contributed by atoms with Crippen LogP contribution >= 0.6 is 15.9 Å². The first-order valence-electron chi connectivity index (χ1n) is 5.36. The van der Waals surface area contributed by atoms with Crippen molar-refractivity contribution in [3.8, 4) is 0 Å². The second kappa shape index (κ2) is 6.01. The second-order valence-electron chi connectivity index (χ2n) is 3.81. The number of carbonyl (C=O) groups excluding carboxylic acids is 1. The molecule has 2 unspecified atom stereocenters. The van der Waals surface area contributed by atoms with Crippen LogP contribution in [0.2, 0.25) is 0 Å². The zero-order chi connectivity index (χ0) is 12.1. The Hall–Kier alpha value is -0.870. The third-order valence-electron chi connectivity index (χ3n) is 2.41. The molecule has 16 heavy (non-hydrogen) atoms. The summed E-state index contributed by atoms with van der Waals surface area (Å²) < 4.78 is 1.03. The van der Waals surface area contributed by atoms with Gasteiger partial charge >= 0.3 is 0 Å². The highest BCUT2D eigenvalue weighted by Gasteiger charge is 2.14. The first kappa shape index (κ1) is 13.2. The highest BCUT2D eigenvalue weighted by atomic mass is 79.9. The van der Waals surface area contributed by atoms with Gasteiger partial charge in [0.15, 0.2) is 0 Å². The average Bonchev–Trinajstić information content (AvgIpc) is 2.26. The van der Waals surface area contributed by atoms with Gasteiger partial charge in [-0.25, -0.2) is 0 Å². The van der Waals surface area contributed by atoms with Crippen LogP contribution in [0.3, 0.4) is 0 Å². The molecule has 1 rings (SSSR count). The summed E-state index contributed by atoms with van der Waals surface area (Å²) in [4.78, 5) is 11.5. The van der Waals surface area contributed by atoms with Crippen molar-refractivity contribution in [2.24, 2.45) is 5.73 Å². The molecule has 2 atom stereocenters. The summed E-state index contributed by atoms with van der Waals surface area (Å²) in [5.41, 5.74) is 6.62. The number of hydrogen-bond acceptors (Lipinski definition) is 2. The van der Waals surface area contributed by atoms with Crippen molar-refractivity contribution in [2.75, 3.05) is 0 Å². The molecule has 0 spiro atoms. The fourth-order valence-electron chi connectivity index (χ4n) is 1.42. The molecule has 0 radical (unpaired) electrons. The van der Waals surface area contributed by atoms with Crippen molar-refractivity contribution in [3.05, 3.63) is 34.3 Å². The Kier molecular flexibility index (Phi) is 4.96. The van der Waals surface area contributed by atoms with Gasteiger partial charge in [-0.2, -0.15) is 0 Å². The summed E-state index contributed by atoms with van der Waals surface area (Å²) >= 11 is 3.38. The van der Waals surface area contributed by atoms with Crippen molar-refractivity contribution in [1.82, 2.24) is 5.32 Å². The van der Waals surface area contributed by atoms with E-state index >= 15 is 0 Å². The largest absolute Gasteiger partial charge is 0.348 e. The predicted octanol–water partition coefficient (Wildman–Crippen LogP) is 2.36. The fourth-order valence-corrected chi connectivity index (χ4v) is 1.68. The SMILES string of the molecule is CCC(NC(=O)C(C)N)c1ccc(Br)cc1. The number of rotatable bonds is 4. The minimum Gasteiger partial charge on any atom is -0.348 e. The molecule has 0 heterocycles. The molecule has 0 aliphatic heterocycles. The number of amides is 1. The van der Waals surface area contributed by atoms with Crippen molar-refractivity contribution < 1.29 is 4.79 Å². The van der Waals surface area contributed by atoms with E-state index in [1.165, 1.54) is 0 Å². The van der Waals surface area contributed by atoms with E-state index in [0.717, 1.165) is 16.5 Å². The number of benzene rings is 1. The summed E-state index contributed by atoms with van der Waals surface area (Å²) in [5, 5.41) is 2.92. The van der Waals surface area contributed by atoms with Gasteiger partial charge in [0.1, 0.15) is 0 Å². The highest BCUT2D eigenvalue weighted by Crippen LogP contribution is 2.19. The van der Waals surface area contributed by atoms with Crippen molar-refractivity contribution in [2.45, 2.75) is 32.4 Å². The number of nitrogens with one attached hydrogen (secondary N) is 1. The molecule has 3 N–H and O–H groups in total. The van der Waals surface area contributed by atoms with E-state index in [4.69, 9.17) is 5.73 Å². The Morgan fingerprint density at radius 2 is 2.00 bits per heavy atom. The van der Waals surface area contributed by atoms with Gasteiger partial charge in [0.05, 0.1) is 12.1 Å². The minimum atomic E-state index is -0.468. The van der Waals surface area contributed by atoms with Gasteiger partial charge in [-0.15, -0.1) is 0 Å². The molecule has 0 saturated heterocycles. The van der Waals surface area contributed by atoms with Crippen LogP contribution in [0.15, 0.2) is 28.7 Å². The second-order valence-corrected chi connectivity index (χ2v) is 4.73. The summed E-state index contributed by atoms with van der Waals surface area (Å²) in [6.45, 7) is 3.72. The maximum atomic E-state index is 11.5. The minimum absolute atomic E-state index is 0.0339. The van der Waals surface area contributed by atoms with Crippen molar-refractivity contribution in [3.63, 3.8) is 0 Å². The molecule has 0 fully saturated rings. The van der Waals surface area contributed by atoms with E-state index in [1.807, 2.05) is 31.2 Å². The summed E-state index contributed by atoms with van der Waals surface area (Å²) in [5.74, 6) is -0.116. The Bertz CT molecular complexity index is 349. The fraction of sp³-hybridized carbons (Fsp3) is 0.417. The van der Waals surface area contributed by atoms with Crippen LogP contribution < -0.4 is 11.1 Å². The van der Waals surface area contributed by atoms with Gasteiger partial charge < -0.3 is 11.1 Å². The molecule has 1 amide bonds. The van der Waals surface area contributed by atoms with E-state index in [0.29, 0.717) is 0 Å². The third kappa shape index (κ3) is 3.61. The van der Waals surface area contributed by atoms with Gasteiger partial charge in [0, 0.05) is 4.47 Å². The lowest BCUT2D eigenvalue weighted by Crippen LogP contribution is -2.40. The lowest BCUT2D eigenvalue weighted by Gasteiger charge is -2.18. The van der Waals surface area contributed by atoms with Crippen LogP contribution in [0, 0.1) is 0 Å². The summed E-state index contributed by atoms with van der Waals surface area (Å²) in [6.07, 6.45) is 0.847. The van der Waals surface area contributed by atoms with Gasteiger partial charge in [0.25, 0.3) is 0 Å². The predicted molar refractivity (Wildman–Crippen MR) is 69.0 cm³/mol. The van der Waals surface area contributed by atoms with Crippen molar-refractivity contribution >= 4 is 21.8 Å². The van der Waals surface area contributed by atoms with Gasteiger partial charge in [-0.1, -0.05) is 35.0 Å². The Morgan fingerprint density at radius 3 is 2.44 bits per heavy atom. The van der Waals surface area contributed by atoms with Crippen LogP contribution in [-0.2, 0) is 4.79 Å². The zero-order valence-electron chi connectivity index (χ0n) is 9.53. The highest BCUT2D eigenvalue weighted by molar-refractivity contribution is 9.10. The number of halogens is 1. The molecule has 1 aromatic rings. The van der Waals surface area contributed by atoms with Crippen LogP contribution in [-0.4, -0.2) is 11.9 Å². The van der Waals surface area contributed by atoms with E-state index < -0.39 is 6.04 Å². The first-order valence-corrected chi connectivity index (χ1v) is 6.15. The molecule has 0 bridgehead atoms. The Morgan fingerprint density at radius 1 is 1.44 bits per heavy atom. The standard InChI is InChI=1S/C12H17BrN2O/c1-3-11(15-12(16)8(2)14)9-4-6-10(13)7-5-9/h4-8,11H,3,14H2,1-2H3,(H,15,16). The van der Waals surface area contributed by atoms with E-state index in [2.05, 4.69) is 21.2 Å². The lowest BCUT2D eigenvalue weighted by atomic mass is 10.0. The maximum absolute atomic E-state index is 11.5. The van der Waals surface area contributed by atoms with Crippen LogP contribution in [0.25, 0.3) is 0 Å². The smallest absolute Gasteiger partial charge is 0.237 e. The molecule has 0 aromatic heterocycles. The molecular formula is C12H17BrN2O. The monoisotopic (exact) mass is 284 g/mol. The topological polar surface area (TPSA) is 55.1 Å². The first-order chi connectivity index (χ1) is 7.54. The Balaban J connectivity index is 2.74. The van der Waals surface area contributed by atoms with E-state index in [9.17, 15) is 4.79 Å². The van der Waals surface area contributed by atoms with E-state index in [-0.39, 0.29) is 11.9 Å². The molecule has 4 heteroatoms. The summed E-state index contributed by atoms with van der Waals surface area (Å²) in [7, 11) is 0. The van der Waals surface area contributed by atoms with Gasteiger partial charge in [-0.05, 0) is 31.0 Å². The Labute approximate surface area is 105 Å². The van der Waals surface area contributed by atoms with Crippen LogP contribution in [0.1, 0.15) is 31.9 Å². The van der Waals surface area contributed by atoms with Crippen molar-refractivity contribution in [1.29, 1.82) is 0 Å². The van der Waals surface area contributed by atoms with Crippen LogP contribution in [0.4, 0.5) is 0 Å². The molecule has 88 valence electrons. The van der Waals surface area contributed by atoms with E-state index in [1.54, 1.807) is 6.92 Å². The molecule has 0 saturated carbocycles. The lowest BCUT2D eigenvalue weighted by molar-refractivity contribution is -0.122. The zero-order valence-corrected chi connectivity index (χ0v) is 11.1. The molecule has 3 nitrogen and oxygen atoms in total. The molecular weight excluding hydrogens is 268 g/mol. The van der Waals surface area contributed by atoms with Crippen LogP contribution in [0.5, 0.6) is 0 Å². The third-order valence-corrected chi connectivity index (χ3v) is 2.94. The van der Waals surface area contributed by atoms with Gasteiger partial charge in [0.2, 0.25) is 5.91 Å². The molecule has 0 aliphatic carbocycles. The number of nitrogens with two attached hydrogens (primary N) is 1. The quantitative estimate of drug-likeness (QED) is 0.892. The number of hydrogen-bond donors (Lipinski definition) is 2. The average molecular weight is 285 g/mol. The van der Waals surface area contributed by atoms with Gasteiger partial charge in [-0.3, -0.25) is 4.79 Å². The summed E-state index contributed by atoms with van der Waals surface area (Å²) in [6, 6.07) is 7.50. The maximum Gasteiger partial charge on any atom is 0.237 e. The molecule has 0 aliphatic rings. The number of carbonyl (C=O) groups is 1. The normalized spacial score (nSPS) is 14.2. The molecule has 1 aromatic carbocycles.